The molecule has 0 radical (unpaired) electrons. The van der Waals surface area contributed by atoms with E-state index in [1.54, 1.807) is 37.1 Å². The van der Waals surface area contributed by atoms with Gasteiger partial charge in [0.25, 0.3) is 0 Å². The Morgan fingerprint density at radius 1 is 1.40 bits per heavy atom. The zero-order valence-corrected chi connectivity index (χ0v) is 12.5. The van der Waals surface area contributed by atoms with Crippen LogP contribution in [0.3, 0.4) is 0 Å². The highest BCUT2D eigenvalue weighted by molar-refractivity contribution is 7.99. The number of aliphatic hydroxyl groups is 1. The summed E-state index contributed by atoms with van der Waals surface area (Å²) in [6, 6.07) is 5.14. The van der Waals surface area contributed by atoms with Crippen LogP contribution in [-0.2, 0) is 4.79 Å². The molecule has 6 heteroatoms. The fraction of sp³-hybridized carbons (Fsp3) is 0.500. The number of methoxy groups -OCH3 is 1. The second-order valence-electron chi connectivity index (χ2n) is 4.30. The summed E-state index contributed by atoms with van der Waals surface area (Å²) in [5, 5.41) is 11.5. The van der Waals surface area contributed by atoms with Gasteiger partial charge >= 0.3 is 0 Å². The van der Waals surface area contributed by atoms with Crippen molar-refractivity contribution in [3.63, 3.8) is 0 Å². The lowest BCUT2D eigenvalue weighted by molar-refractivity contribution is -0.116. The molecule has 0 fully saturated rings. The van der Waals surface area contributed by atoms with Gasteiger partial charge < -0.3 is 20.9 Å². The molecule has 112 valence electrons. The van der Waals surface area contributed by atoms with Gasteiger partial charge in [-0.2, -0.15) is 11.8 Å². The van der Waals surface area contributed by atoms with Crippen LogP contribution in [0.25, 0.3) is 0 Å². The number of aliphatic hydroxyl groups excluding tert-OH is 1. The van der Waals surface area contributed by atoms with E-state index in [-0.39, 0.29) is 12.5 Å². The standard InChI is InChI=1S/C14H22N2O3S/c1-19-13-10-11(15)5-6-12(13)16-14(18)4-2-8-20-9-3-7-17/h5-6,10,17H,2-4,7-9,15H2,1H3,(H,16,18). The fourth-order valence-electron chi connectivity index (χ4n) is 1.63. The SMILES string of the molecule is COc1cc(N)ccc1NC(=O)CCCSCCCO. The highest BCUT2D eigenvalue weighted by Crippen LogP contribution is 2.26. The number of rotatable bonds is 9. The van der Waals surface area contributed by atoms with E-state index in [1.807, 2.05) is 0 Å². The molecule has 1 rings (SSSR count). The second kappa shape index (κ2) is 9.50. The molecule has 0 aliphatic carbocycles. The summed E-state index contributed by atoms with van der Waals surface area (Å²) in [4.78, 5) is 11.8. The smallest absolute Gasteiger partial charge is 0.224 e. The molecule has 0 bridgehead atoms. The molecule has 1 aromatic rings. The van der Waals surface area contributed by atoms with Crippen LogP contribution in [0, 0.1) is 0 Å². The highest BCUT2D eigenvalue weighted by Gasteiger charge is 2.07. The van der Waals surface area contributed by atoms with E-state index in [0.717, 1.165) is 24.3 Å². The second-order valence-corrected chi connectivity index (χ2v) is 5.53. The van der Waals surface area contributed by atoms with Gasteiger partial charge in [-0.25, -0.2) is 0 Å². The lowest BCUT2D eigenvalue weighted by Gasteiger charge is -2.10. The summed E-state index contributed by atoms with van der Waals surface area (Å²) >= 11 is 1.75. The summed E-state index contributed by atoms with van der Waals surface area (Å²) in [6.45, 7) is 0.227. The van der Waals surface area contributed by atoms with Crippen LogP contribution in [0.2, 0.25) is 0 Å². The Balaban J connectivity index is 2.32. The van der Waals surface area contributed by atoms with Gasteiger partial charge in [0, 0.05) is 24.8 Å². The number of nitrogen functional groups attached to an aromatic ring is 1. The molecule has 1 aromatic carbocycles. The number of hydrogen-bond donors (Lipinski definition) is 3. The van der Waals surface area contributed by atoms with Crippen molar-refractivity contribution in [3.8, 4) is 5.75 Å². The zero-order chi connectivity index (χ0) is 14.8. The molecule has 4 N–H and O–H groups in total. The molecule has 0 aliphatic rings. The molecule has 0 saturated heterocycles. The van der Waals surface area contributed by atoms with Crippen LogP contribution in [0.15, 0.2) is 18.2 Å². The Bertz CT molecular complexity index is 427. The predicted octanol–water partition coefficient (Wildman–Crippen LogP) is 2.11. The van der Waals surface area contributed by atoms with Gasteiger partial charge in [-0.1, -0.05) is 0 Å². The summed E-state index contributed by atoms with van der Waals surface area (Å²) in [7, 11) is 1.54. The number of benzene rings is 1. The number of hydrogen-bond acceptors (Lipinski definition) is 5. The van der Waals surface area contributed by atoms with Crippen molar-refractivity contribution in [2.45, 2.75) is 19.3 Å². The number of amides is 1. The Hall–Kier alpha value is -1.40. The first kappa shape index (κ1) is 16.7. The molecule has 1 amide bonds. The Kier molecular flexibility index (Phi) is 7.91. The fourth-order valence-corrected chi connectivity index (χ4v) is 2.51. The van der Waals surface area contributed by atoms with E-state index < -0.39 is 0 Å². The van der Waals surface area contributed by atoms with E-state index in [1.165, 1.54) is 0 Å². The summed E-state index contributed by atoms with van der Waals surface area (Å²) in [5.74, 6) is 2.39. The van der Waals surface area contributed by atoms with E-state index in [4.69, 9.17) is 15.6 Å². The van der Waals surface area contributed by atoms with Gasteiger partial charge in [0.1, 0.15) is 5.75 Å². The number of thioether (sulfide) groups is 1. The molecular weight excluding hydrogens is 276 g/mol. The van der Waals surface area contributed by atoms with Crippen LogP contribution in [0.1, 0.15) is 19.3 Å². The lowest BCUT2D eigenvalue weighted by Crippen LogP contribution is -2.12. The van der Waals surface area contributed by atoms with Crippen LogP contribution in [0.5, 0.6) is 5.75 Å². The zero-order valence-electron chi connectivity index (χ0n) is 11.7. The summed E-state index contributed by atoms with van der Waals surface area (Å²) in [6.07, 6.45) is 2.10. The molecule has 20 heavy (non-hydrogen) atoms. The van der Waals surface area contributed by atoms with E-state index in [0.29, 0.717) is 23.5 Å². The third-order valence-corrected chi connectivity index (χ3v) is 3.79. The molecule has 5 nitrogen and oxygen atoms in total. The number of anilines is 2. The Morgan fingerprint density at radius 3 is 2.85 bits per heavy atom. The topological polar surface area (TPSA) is 84.6 Å². The molecule has 0 atom stereocenters. The van der Waals surface area contributed by atoms with Crippen molar-refractivity contribution in [3.05, 3.63) is 18.2 Å². The minimum Gasteiger partial charge on any atom is -0.494 e. The third kappa shape index (κ3) is 6.16. The van der Waals surface area contributed by atoms with Gasteiger partial charge in [0.2, 0.25) is 5.91 Å². The van der Waals surface area contributed by atoms with E-state index >= 15 is 0 Å². The van der Waals surface area contributed by atoms with Crippen molar-refractivity contribution in [2.75, 3.05) is 36.3 Å². The van der Waals surface area contributed by atoms with Crippen LogP contribution >= 0.6 is 11.8 Å². The van der Waals surface area contributed by atoms with E-state index in [2.05, 4.69) is 5.32 Å². The third-order valence-electron chi connectivity index (χ3n) is 2.64. The maximum atomic E-state index is 11.8. The van der Waals surface area contributed by atoms with Crippen molar-refractivity contribution in [1.82, 2.24) is 0 Å². The molecule has 0 saturated carbocycles. The van der Waals surface area contributed by atoms with Crippen LogP contribution in [-0.4, -0.2) is 36.2 Å². The predicted molar refractivity (Wildman–Crippen MR) is 84.3 cm³/mol. The number of nitrogens with two attached hydrogens (primary N) is 1. The number of carbonyl (C=O) groups is 1. The quantitative estimate of drug-likeness (QED) is 0.480. The minimum atomic E-state index is -0.0316. The monoisotopic (exact) mass is 298 g/mol. The Labute approximate surface area is 123 Å². The number of ether oxygens (including phenoxy) is 1. The summed E-state index contributed by atoms with van der Waals surface area (Å²) in [5.41, 5.74) is 6.89. The largest absolute Gasteiger partial charge is 0.494 e. The van der Waals surface area contributed by atoms with Crippen molar-refractivity contribution in [1.29, 1.82) is 0 Å². The van der Waals surface area contributed by atoms with Crippen molar-refractivity contribution < 1.29 is 14.6 Å². The van der Waals surface area contributed by atoms with Crippen LogP contribution < -0.4 is 15.8 Å². The van der Waals surface area contributed by atoms with Gasteiger partial charge in [0.05, 0.1) is 12.8 Å². The summed E-state index contributed by atoms with van der Waals surface area (Å²) < 4.78 is 5.17. The number of carbonyl (C=O) groups excluding carboxylic acids is 1. The molecular formula is C14H22N2O3S. The maximum Gasteiger partial charge on any atom is 0.224 e. The Morgan fingerprint density at radius 2 is 2.15 bits per heavy atom. The van der Waals surface area contributed by atoms with Gasteiger partial charge in [-0.3, -0.25) is 4.79 Å². The van der Waals surface area contributed by atoms with Crippen molar-refractivity contribution in [2.24, 2.45) is 0 Å². The van der Waals surface area contributed by atoms with Crippen molar-refractivity contribution >= 4 is 29.0 Å². The molecule has 0 spiro atoms. The first-order valence-electron chi connectivity index (χ1n) is 6.59. The normalized spacial score (nSPS) is 10.3. The first-order chi connectivity index (χ1) is 9.67. The minimum absolute atomic E-state index is 0.0316. The molecule has 0 aromatic heterocycles. The average Bonchev–Trinajstić information content (AvgIpc) is 2.44. The number of nitrogens with one attached hydrogen (secondary N) is 1. The average molecular weight is 298 g/mol. The van der Waals surface area contributed by atoms with Gasteiger partial charge in [-0.15, -0.1) is 0 Å². The van der Waals surface area contributed by atoms with Gasteiger partial charge in [0.15, 0.2) is 0 Å². The lowest BCUT2D eigenvalue weighted by atomic mass is 10.2. The molecule has 0 aliphatic heterocycles. The van der Waals surface area contributed by atoms with Gasteiger partial charge in [-0.05, 0) is 36.5 Å². The highest BCUT2D eigenvalue weighted by atomic mass is 32.2. The maximum absolute atomic E-state index is 11.8. The first-order valence-corrected chi connectivity index (χ1v) is 7.75. The van der Waals surface area contributed by atoms with E-state index in [9.17, 15) is 4.79 Å². The molecule has 0 heterocycles. The van der Waals surface area contributed by atoms with Crippen LogP contribution in [0.4, 0.5) is 11.4 Å². The molecule has 0 unspecified atom stereocenters.